The number of urea groups is 1. The molecule has 3 amide bonds. The van der Waals surface area contributed by atoms with Crippen molar-refractivity contribution in [2.75, 3.05) is 16.0 Å². The third-order valence-corrected chi connectivity index (χ3v) is 5.70. The van der Waals surface area contributed by atoms with E-state index < -0.39 is 0 Å². The number of nitrogens with two attached hydrogens (primary N) is 1. The van der Waals surface area contributed by atoms with Gasteiger partial charge in [0, 0.05) is 23.1 Å². The summed E-state index contributed by atoms with van der Waals surface area (Å²) in [5, 5.41) is 8.52. The Morgan fingerprint density at radius 3 is 2.11 bits per heavy atom. The lowest BCUT2D eigenvalue weighted by atomic mass is 9.84. The van der Waals surface area contributed by atoms with Crippen LogP contribution in [0.5, 0.6) is 0 Å². The van der Waals surface area contributed by atoms with Gasteiger partial charge in [-0.3, -0.25) is 4.79 Å². The second-order valence-corrected chi connectivity index (χ2v) is 7.45. The van der Waals surface area contributed by atoms with Crippen molar-refractivity contribution in [3.63, 3.8) is 0 Å². The van der Waals surface area contributed by atoms with Crippen LogP contribution >= 0.6 is 12.4 Å². The minimum absolute atomic E-state index is 0. The van der Waals surface area contributed by atoms with Gasteiger partial charge in [0.2, 0.25) is 5.91 Å². The molecule has 0 heterocycles. The summed E-state index contributed by atoms with van der Waals surface area (Å²) in [6.07, 6.45) is 3.31. The van der Waals surface area contributed by atoms with E-state index in [1.165, 1.54) is 0 Å². The van der Waals surface area contributed by atoms with Crippen molar-refractivity contribution in [3.8, 4) is 0 Å². The van der Waals surface area contributed by atoms with Crippen LogP contribution in [0.15, 0.2) is 54.6 Å². The van der Waals surface area contributed by atoms with Gasteiger partial charge in [-0.2, -0.15) is 0 Å². The average Bonchev–Trinajstić information content (AvgIpc) is 3.24. The molecule has 0 aliphatic heterocycles. The molecule has 2 aromatic carbocycles. The topological polar surface area (TPSA) is 96.2 Å². The number of halogens is 1. The molecular weight excluding hydrogens is 376 g/mol. The number of para-hydroxylation sites is 1. The van der Waals surface area contributed by atoms with Crippen molar-refractivity contribution in [2.24, 2.45) is 23.5 Å². The fraction of sp³-hybridized carbons (Fsp3) is 0.333. The number of rotatable bonds is 4. The van der Waals surface area contributed by atoms with Gasteiger partial charge in [0.05, 0.1) is 5.92 Å². The summed E-state index contributed by atoms with van der Waals surface area (Å²) < 4.78 is 0. The first kappa shape index (κ1) is 20.2. The van der Waals surface area contributed by atoms with Crippen molar-refractivity contribution in [3.05, 3.63) is 54.6 Å². The monoisotopic (exact) mass is 400 g/mol. The molecule has 28 heavy (non-hydrogen) atoms. The van der Waals surface area contributed by atoms with Gasteiger partial charge in [0.15, 0.2) is 0 Å². The summed E-state index contributed by atoms with van der Waals surface area (Å²) >= 11 is 0. The van der Waals surface area contributed by atoms with Gasteiger partial charge in [0.1, 0.15) is 0 Å². The Balaban J connectivity index is 0.00000225. The smallest absolute Gasteiger partial charge is 0.323 e. The number of carbonyl (C=O) groups is 2. The number of hydrogen-bond acceptors (Lipinski definition) is 3. The number of fused-ring (bicyclic) bond motifs is 2. The largest absolute Gasteiger partial charge is 0.327 e. The van der Waals surface area contributed by atoms with Gasteiger partial charge < -0.3 is 21.7 Å². The molecule has 4 unspecified atom stereocenters. The van der Waals surface area contributed by atoms with Crippen molar-refractivity contribution >= 4 is 41.4 Å². The number of carbonyl (C=O) groups excluding carboxylic acids is 2. The van der Waals surface area contributed by atoms with Crippen LogP contribution in [0.25, 0.3) is 0 Å². The Kier molecular flexibility index (Phi) is 6.21. The summed E-state index contributed by atoms with van der Waals surface area (Å²) in [5.74, 6) is 0.769. The van der Waals surface area contributed by atoms with Crippen LogP contribution in [0, 0.1) is 17.8 Å². The maximum absolute atomic E-state index is 12.7. The zero-order valence-electron chi connectivity index (χ0n) is 15.4. The summed E-state index contributed by atoms with van der Waals surface area (Å²) in [5.41, 5.74) is 8.24. The third-order valence-electron chi connectivity index (χ3n) is 5.70. The summed E-state index contributed by atoms with van der Waals surface area (Å²) in [4.78, 5) is 24.8. The first-order chi connectivity index (χ1) is 13.1. The third kappa shape index (κ3) is 4.29. The van der Waals surface area contributed by atoms with Crippen LogP contribution in [-0.2, 0) is 4.79 Å². The van der Waals surface area contributed by atoms with Crippen LogP contribution in [-0.4, -0.2) is 18.0 Å². The number of amides is 3. The van der Waals surface area contributed by atoms with E-state index in [1.807, 2.05) is 36.4 Å². The molecule has 0 radical (unpaired) electrons. The van der Waals surface area contributed by atoms with E-state index in [2.05, 4.69) is 16.0 Å². The maximum atomic E-state index is 12.7. The Hall–Kier alpha value is -2.57. The van der Waals surface area contributed by atoms with Gasteiger partial charge in [-0.15, -0.1) is 12.4 Å². The van der Waals surface area contributed by atoms with E-state index in [-0.39, 0.29) is 36.3 Å². The number of benzene rings is 2. The van der Waals surface area contributed by atoms with Crippen molar-refractivity contribution in [2.45, 2.75) is 25.3 Å². The number of anilines is 3. The highest BCUT2D eigenvalue weighted by molar-refractivity contribution is 6.00. The summed E-state index contributed by atoms with van der Waals surface area (Å²) in [6, 6.07) is 16.0. The molecule has 2 bridgehead atoms. The lowest BCUT2D eigenvalue weighted by molar-refractivity contribution is -0.121. The SMILES string of the molecule is Cl.NC1C2CCC(C2)C1C(=O)Nc1cccc(NC(=O)Nc2ccccc2)c1. The van der Waals surface area contributed by atoms with Crippen molar-refractivity contribution in [1.82, 2.24) is 0 Å². The molecule has 5 N–H and O–H groups in total. The average molecular weight is 401 g/mol. The predicted molar refractivity (Wildman–Crippen MR) is 114 cm³/mol. The highest BCUT2D eigenvalue weighted by atomic mass is 35.5. The highest BCUT2D eigenvalue weighted by Gasteiger charge is 2.49. The van der Waals surface area contributed by atoms with Gasteiger partial charge >= 0.3 is 6.03 Å². The van der Waals surface area contributed by atoms with Gasteiger partial charge in [-0.05, 0) is 61.4 Å². The Morgan fingerprint density at radius 2 is 1.43 bits per heavy atom. The van der Waals surface area contributed by atoms with Crippen molar-refractivity contribution < 1.29 is 9.59 Å². The van der Waals surface area contributed by atoms with E-state index in [0.717, 1.165) is 19.3 Å². The second kappa shape index (κ2) is 8.63. The quantitative estimate of drug-likeness (QED) is 0.623. The second-order valence-electron chi connectivity index (χ2n) is 7.45. The molecule has 7 heteroatoms. The summed E-state index contributed by atoms with van der Waals surface area (Å²) in [7, 11) is 0. The minimum atomic E-state index is -0.334. The Labute approximate surface area is 170 Å². The molecule has 2 fully saturated rings. The molecule has 4 atom stereocenters. The van der Waals surface area contributed by atoms with E-state index in [0.29, 0.717) is 28.9 Å². The molecular formula is C21H25ClN4O2. The predicted octanol–water partition coefficient (Wildman–Crippen LogP) is 4.06. The summed E-state index contributed by atoms with van der Waals surface area (Å²) in [6.45, 7) is 0. The van der Waals surface area contributed by atoms with Crippen LogP contribution < -0.4 is 21.7 Å². The normalized spacial score (nSPS) is 24.9. The van der Waals surface area contributed by atoms with E-state index in [9.17, 15) is 9.59 Å². The fourth-order valence-electron chi connectivity index (χ4n) is 4.44. The molecule has 6 nitrogen and oxygen atoms in total. The van der Waals surface area contributed by atoms with E-state index in [1.54, 1.807) is 18.2 Å². The Bertz CT molecular complexity index is 843. The van der Waals surface area contributed by atoms with Crippen LogP contribution in [0.1, 0.15) is 19.3 Å². The molecule has 148 valence electrons. The van der Waals surface area contributed by atoms with Crippen molar-refractivity contribution in [1.29, 1.82) is 0 Å². The first-order valence-electron chi connectivity index (χ1n) is 9.40. The van der Waals surface area contributed by atoms with E-state index in [4.69, 9.17) is 5.73 Å². The van der Waals surface area contributed by atoms with Crippen LogP contribution in [0.2, 0.25) is 0 Å². The first-order valence-corrected chi connectivity index (χ1v) is 9.40. The standard InChI is InChI=1S/C21H24N4O2.ClH/c22-19-14-10-9-13(11-14)18(19)20(26)23-16-7-4-8-17(12-16)25-21(27)24-15-5-2-1-3-6-15;/h1-8,12-14,18-19H,9-11,22H2,(H,23,26)(H2,24,25,27);1H. The molecule has 0 aromatic heterocycles. The fourth-order valence-corrected chi connectivity index (χ4v) is 4.44. The number of nitrogens with one attached hydrogen (secondary N) is 3. The molecule has 2 aromatic rings. The van der Waals surface area contributed by atoms with E-state index >= 15 is 0 Å². The minimum Gasteiger partial charge on any atom is -0.327 e. The van der Waals surface area contributed by atoms with Gasteiger partial charge in [-0.25, -0.2) is 4.79 Å². The Morgan fingerprint density at radius 1 is 0.821 bits per heavy atom. The maximum Gasteiger partial charge on any atom is 0.323 e. The molecule has 4 rings (SSSR count). The van der Waals surface area contributed by atoms with Gasteiger partial charge in [-0.1, -0.05) is 24.3 Å². The highest BCUT2D eigenvalue weighted by Crippen LogP contribution is 2.47. The zero-order valence-corrected chi connectivity index (χ0v) is 16.2. The van der Waals surface area contributed by atoms with Crippen LogP contribution in [0.4, 0.5) is 21.9 Å². The number of hydrogen-bond donors (Lipinski definition) is 4. The molecule has 2 aliphatic rings. The zero-order chi connectivity index (χ0) is 18.8. The molecule has 0 saturated heterocycles. The molecule has 2 saturated carbocycles. The molecule has 0 spiro atoms. The van der Waals surface area contributed by atoms with Gasteiger partial charge in [0.25, 0.3) is 0 Å². The van der Waals surface area contributed by atoms with Crippen LogP contribution in [0.3, 0.4) is 0 Å². The lowest BCUT2D eigenvalue weighted by Gasteiger charge is -2.27. The molecule has 2 aliphatic carbocycles. The lowest BCUT2D eigenvalue weighted by Crippen LogP contribution is -2.42.